The van der Waals surface area contributed by atoms with Gasteiger partial charge in [0.25, 0.3) is 0 Å². The van der Waals surface area contributed by atoms with E-state index in [2.05, 4.69) is 4.72 Å². The minimum Gasteiger partial charge on any atom is -0.497 e. The minimum atomic E-state index is -5.23. The lowest BCUT2D eigenvalue weighted by molar-refractivity contribution is -0.175. The summed E-state index contributed by atoms with van der Waals surface area (Å²) in [6.45, 7) is 1.83. The number of carbonyl (C=O) groups excluding carboxylic acids is 4. The number of aromatic nitrogens is 1. The normalized spacial score (nSPS) is 18.1. The number of halogens is 3. The van der Waals surface area contributed by atoms with Gasteiger partial charge in [-0.25, -0.2) is 4.98 Å². The predicted octanol–water partition coefficient (Wildman–Crippen LogP) is 7.39. The van der Waals surface area contributed by atoms with Crippen molar-refractivity contribution in [1.29, 1.82) is 0 Å². The molecule has 1 saturated heterocycles. The highest BCUT2D eigenvalue weighted by atomic mass is 32.2. The molecule has 1 aliphatic carbocycles. The lowest BCUT2D eigenvalue weighted by Crippen LogP contribution is -2.54. The molecule has 0 spiro atoms. The third-order valence-electron chi connectivity index (χ3n) is 10.3. The Morgan fingerprint density at radius 1 is 1.09 bits per heavy atom. The van der Waals surface area contributed by atoms with E-state index < -0.39 is 42.1 Å². The van der Waals surface area contributed by atoms with E-state index in [4.69, 9.17) is 24.6 Å². The molecule has 4 amide bonds. The number of hydrogen-bond acceptors (Lipinski definition) is 9. The Morgan fingerprint density at radius 3 is 2.53 bits per heavy atom. The summed E-state index contributed by atoms with van der Waals surface area (Å²) in [4.78, 5) is 57.1. The van der Waals surface area contributed by atoms with Crippen LogP contribution in [0.5, 0.6) is 11.5 Å². The van der Waals surface area contributed by atoms with Crippen molar-refractivity contribution in [2.24, 2.45) is 11.7 Å². The van der Waals surface area contributed by atoms with E-state index in [9.17, 15) is 32.3 Å². The fraction of sp³-hybridized carbons (Fsp3) is 0.452. The van der Waals surface area contributed by atoms with Crippen LogP contribution in [-0.4, -0.2) is 76.8 Å². The van der Waals surface area contributed by atoms with E-state index >= 15 is 0 Å². The summed E-state index contributed by atoms with van der Waals surface area (Å²) in [6, 6.07) is 13.5. The molecule has 1 saturated carbocycles. The van der Waals surface area contributed by atoms with E-state index in [1.54, 1.807) is 31.4 Å². The number of rotatable bonds is 19. The van der Waals surface area contributed by atoms with Crippen LogP contribution >= 0.6 is 11.9 Å². The third kappa shape index (κ3) is 10.8. The summed E-state index contributed by atoms with van der Waals surface area (Å²) >= 11 is 1.48. The van der Waals surface area contributed by atoms with Crippen molar-refractivity contribution in [2.75, 3.05) is 13.7 Å². The van der Waals surface area contributed by atoms with Crippen LogP contribution in [0.25, 0.3) is 33.3 Å². The highest BCUT2D eigenvalue weighted by molar-refractivity contribution is 7.98. The molecule has 2 aromatic heterocycles. The Kier molecular flexibility index (Phi) is 13.9. The van der Waals surface area contributed by atoms with Crippen LogP contribution in [0.2, 0.25) is 0 Å². The molecule has 0 bridgehead atoms. The number of furan rings is 1. The van der Waals surface area contributed by atoms with E-state index in [1.165, 1.54) is 11.9 Å². The molecule has 4 atom stereocenters. The van der Waals surface area contributed by atoms with Gasteiger partial charge >= 0.3 is 12.1 Å². The van der Waals surface area contributed by atoms with Crippen molar-refractivity contribution in [3.05, 3.63) is 66.7 Å². The van der Waals surface area contributed by atoms with Gasteiger partial charge in [0.05, 0.1) is 19.3 Å². The summed E-state index contributed by atoms with van der Waals surface area (Å²) in [5.74, 6) is -2.95. The van der Waals surface area contributed by atoms with Gasteiger partial charge in [-0.1, -0.05) is 44.1 Å². The first-order valence-electron chi connectivity index (χ1n) is 19.6. The number of amides is 4. The van der Waals surface area contributed by atoms with Gasteiger partial charge in [-0.3, -0.25) is 23.9 Å². The molecule has 6 rings (SSSR count). The second-order valence-electron chi connectivity index (χ2n) is 14.7. The zero-order valence-electron chi connectivity index (χ0n) is 32.4. The second kappa shape index (κ2) is 19.0. The average Bonchev–Trinajstić information content (AvgIpc) is 3.83. The smallest absolute Gasteiger partial charge is 0.471 e. The molecule has 2 aliphatic rings. The number of methoxy groups -OCH3 is 1. The van der Waals surface area contributed by atoms with Gasteiger partial charge in [0.15, 0.2) is 11.3 Å². The van der Waals surface area contributed by atoms with Crippen molar-refractivity contribution in [3.63, 3.8) is 0 Å². The van der Waals surface area contributed by atoms with Crippen LogP contribution in [0.1, 0.15) is 71.1 Å². The number of alkyl halides is 3. The number of allylic oxidation sites excluding steroid dienone is 2. The first-order chi connectivity index (χ1) is 27.8. The molecular formula is C42H48F3N5O7S. The van der Waals surface area contributed by atoms with Gasteiger partial charge in [-0.15, -0.1) is 0 Å². The van der Waals surface area contributed by atoms with Crippen molar-refractivity contribution in [2.45, 2.75) is 101 Å². The molecule has 2 fully saturated rings. The Labute approximate surface area is 338 Å². The molecule has 0 radical (unpaired) electrons. The van der Waals surface area contributed by atoms with Crippen LogP contribution in [-0.2, 0) is 19.2 Å². The van der Waals surface area contributed by atoms with Gasteiger partial charge in [0.2, 0.25) is 17.7 Å². The summed E-state index contributed by atoms with van der Waals surface area (Å²) in [7, 11) is 1.56. The molecule has 0 unspecified atom stereocenters. The van der Waals surface area contributed by atoms with Gasteiger partial charge in [0, 0.05) is 35.1 Å². The van der Waals surface area contributed by atoms with Crippen molar-refractivity contribution >= 4 is 57.6 Å². The molecule has 1 aliphatic heterocycles. The van der Waals surface area contributed by atoms with Gasteiger partial charge in [-0.2, -0.15) is 13.2 Å². The third-order valence-corrected chi connectivity index (χ3v) is 11.5. The van der Waals surface area contributed by atoms with Gasteiger partial charge in [-0.05, 0) is 92.8 Å². The summed E-state index contributed by atoms with van der Waals surface area (Å²) < 4.78 is 61.2. The maximum atomic E-state index is 14.0. The lowest BCUT2D eigenvalue weighted by atomic mass is 10.0. The van der Waals surface area contributed by atoms with E-state index in [1.807, 2.05) is 54.7 Å². The molecule has 16 heteroatoms. The standard InChI is InChI=1S/C42H48F3N5O7S/c1-3-25(21-36(51)49-58-29-19-20-29)11-7-5-4-6-8-13-31(48-41(54)42(43,44)45)40(53)50-24-28(22-33(50)39(46)52)56-35-23-32(26-15-17-27(55-2)18-16-26)47-37-30-12-9-10-14-34(30)57-38(35)37/h7,9-12,14-18,23,25,28-29,31,33H,3-6,8,13,19-22,24H2,1-2H3,(H2,46,52)(H,48,54)(H,49,51)/b11-7-/t25-,28+,31-,33-/m0/s1. The zero-order chi connectivity index (χ0) is 41.4. The highest BCUT2D eigenvalue weighted by Gasteiger charge is 2.45. The van der Waals surface area contributed by atoms with Gasteiger partial charge < -0.3 is 29.8 Å². The van der Waals surface area contributed by atoms with Crippen molar-refractivity contribution in [1.82, 2.24) is 19.9 Å². The number of pyridine rings is 1. The number of hydrogen-bond donors (Lipinski definition) is 3. The topological polar surface area (TPSA) is 166 Å². The Bertz CT molecular complexity index is 2120. The number of nitrogens with one attached hydrogen (secondary N) is 2. The van der Waals surface area contributed by atoms with Crippen molar-refractivity contribution in [3.8, 4) is 22.8 Å². The van der Waals surface area contributed by atoms with E-state index in [-0.39, 0.29) is 37.0 Å². The highest BCUT2D eigenvalue weighted by Crippen LogP contribution is 2.38. The average molecular weight is 824 g/mol. The SMILES string of the molecule is CC[C@@H](/C=C\CCCCC[C@H](NC(=O)C(F)(F)F)C(=O)N1C[C@H](Oc2cc(-c3ccc(OC)cc3)nc3c2oc2ccccc23)C[C@H]1C(N)=O)CC(=O)NSC1CC1. The summed E-state index contributed by atoms with van der Waals surface area (Å²) in [6.07, 6.45) is 3.49. The lowest BCUT2D eigenvalue weighted by Gasteiger charge is -2.28. The molecule has 3 heterocycles. The minimum absolute atomic E-state index is 0.000736. The number of ether oxygens (including phenoxy) is 2. The fourth-order valence-electron chi connectivity index (χ4n) is 6.96. The molecule has 12 nitrogen and oxygen atoms in total. The first kappa shape index (κ1) is 42.4. The quantitative estimate of drug-likeness (QED) is 0.0497. The number of nitrogens with zero attached hydrogens (tertiary/aromatic N) is 2. The molecular weight excluding hydrogens is 776 g/mol. The number of likely N-dealkylation sites (tertiary alicyclic amines) is 1. The largest absolute Gasteiger partial charge is 0.497 e. The van der Waals surface area contributed by atoms with Crippen LogP contribution < -0.4 is 25.2 Å². The first-order valence-corrected chi connectivity index (χ1v) is 20.4. The van der Waals surface area contributed by atoms with Crippen molar-refractivity contribution < 1.29 is 46.2 Å². The molecule has 4 aromatic rings. The number of benzene rings is 2. The van der Waals surface area contributed by atoms with Crippen LogP contribution in [0, 0.1) is 5.92 Å². The molecule has 310 valence electrons. The number of para-hydroxylation sites is 1. The maximum absolute atomic E-state index is 14.0. The zero-order valence-corrected chi connectivity index (χ0v) is 33.2. The van der Waals surface area contributed by atoms with Crippen LogP contribution in [0.15, 0.2) is 71.2 Å². The monoisotopic (exact) mass is 823 g/mol. The molecule has 2 aromatic carbocycles. The van der Waals surface area contributed by atoms with Gasteiger partial charge in [0.1, 0.15) is 35.0 Å². The molecule has 4 N–H and O–H groups in total. The Hall–Kier alpha value is -5.25. The fourth-order valence-corrected chi connectivity index (χ4v) is 7.72. The molecule has 58 heavy (non-hydrogen) atoms. The summed E-state index contributed by atoms with van der Waals surface area (Å²) in [5.41, 5.74) is 8.48. The number of primary amides is 1. The number of carbonyl (C=O) groups is 4. The Morgan fingerprint density at radius 2 is 1.84 bits per heavy atom. The van der Waals surface area contributed by atoms with Crippen LogP contribution in [0.3, 0.4) is 0 Å². The number of fused-ring (bicyclic) bond motifs is 3. The summed E-state index contributed by atoms with van der Waals surface area (Å²) in [5, 5.41) is 3.12. The predicted molar refractivity (Wildman–Crippen MR) is 215 cm³/mol. The number of unbranched alkanes of at least 4 members (excludes halogenated alkanes) is 3. The second-order valence-corrected chi connectivity index (χ2v) is 15.8. The maximum Gasteiger partial charge on any atom is 0.471 e. The number of nitrogens with two attached hydrogens (primary N) is 1. The van der Waals surface area contributed by atoms with E-state index in [0.29, 0.717) is 65.5 Å². The van der Waals surface area contributed by atoms with E-state index in [0.717, 1.165) is 35.1 Å². The van der Waals surface area contributed by atoms with Crippen LogP contribution in [0.4, 0.5) is 13.2 Å². The Balaban J connectivity index is 1.13.